The number of carbonyl (C=O) groups is 2. The Morgan fingerprint density at radius 2 is 1.86 bits per heavy atom. The largest absolute Gasteiger partial charge is 0.478 e. The van der Waals surface area contributed by atoms with Crippen LogP contribution in [0.25, 0.3) is 5.57 Å². The van der Waals surface area contributed by atoms with Gasteiger partial charge in [0.05, 0.1) is 5.56 Å². The summed E-state index contributed by atoms with van der Waals surface area (Å²) in [6.07, 6.45) is 8.31. The predicted molar refractivity (Wildman–Crippen MR) is 144 cm³/mol. The lowest BCUT2D eigenvalue weighted by Gasteiger charge is -2.40. The number of amides is 1. The highest BCUT2D eigenvalue weighted by Crippen LogP contribution is 2.45. The van der Waals surface area contributed by atoms with Gasteiger partial charge in [0.25, 0.3) is 0 Å². The first kappa shape index (κ1) is 26.2. The summed E-state index contributed by atoms with van der Waals surface area (Å²) in [5, 5.41) is 9.91. The fraction of sp³-hybridized carbons (Fsp3) is 0.400. The minimum atomic E-state index is -0.997. The molecule has 0 radical (unpaired) electrons. The SMILES string of the molecule is COCCC1=CN(c2ccc(C(=O)O)cc2)C(=O)C[C@@]1(C)c1ccc(C2=CCC(C)(C)CC2)c(Cl)c1. The molecule has 2 aromatic carbocycles. The van der Waals surface area contributed by atoms with Crippen LogP contribution >= 0.6 is 11.6 Å². The average Bonchev–Trinajstić information content (AvgIpc) is 2.84. The van der Waals surface area contributed by atoms with Gasteiger partial charge in [-0.1, -0.05) is 50.6 Å². The number of ether oxygens (including phenoxy) is 1. The van der Waals surface area contributed by atoms with E-state index in [0.29, 0.717) is 29.2 Å². The van der Waals surface area contributed by atoms with Crippen LogP contribution in [0.15, 0.2) is 60.3 Å². The van der Waals surface area contributed by atoms with Crippen LogP contribution in [0.2, 0.25) is 5.02 Å². The minimum absolute atomic E-state index is 0.0563. The van der Waals surface area contributed by atoms with Gasteiger partial charge < -0.3 is 9.84 Å². The third kappa shape index (κ3) is 5.28. The summed E-state index contributed by atoms with van der Waals surface area (Å²) in [5.41, 5.74) is 5.06. The molecule has 36 heavy (non-hydrogen) atoms. The first-order valence-corrected chi connectivity index (χ1v) is 12.8. The number of hydrogen-bond acceptors (Lipinski definition) is 3. The highest BCUT2D eigenvalue weighted by atomic mass is 35.5. The van der Waals surface area contributed by atoms with Crippen molar-refractivity contribution >= 4 is 34.7 Å². The third-order valence-electron chi connectivity index (χ3n) is 7.66. The topological polar surface area (TPSA) is 66.8 Å². The molecule has 1 atom stereocenters. The summed E-state index contributed by atoms with van der Waals surface area (Å²) in [6, 6.07) is 12.6. The maximum atomic E-state index is 13.4. The molecule has 1 aliphatic carbocycles. The van der Waals surface area contributed by atoms with E-state index in [9.17, 15) is 14.7 Å². The Hall–Kier alpha value is -2.89. The number of carboxylic acid groups (broad SMARTS) is 1. The van der Waals surface area contributed by atoms with E-state index in [2.05, 4.69) is 39.0 Å². The van der Waals surface area contributed by atoms with Gasteiger partial charge in [0.15, 0.2) is 0 Å². The van der Waals surface area contributed by atoms with Crippen molar-refractivity contribution in [3.05, 3.63) is 82.0 Å². The molecular formula is C30H34ClNO4. The smallest absolute Gasteiger partial charge is 0.335 e. The second-order valence-corrected chi connectivity index (χ2v) is 11.2. The molecule has 0 spiro atoms. The molecule has 1 amide bonds. The highest BCUT2D eigenvalue weighted by Gasteiger charge is 2.39. The maximum Gasteiger partial charge on any atom is 0.335 e. The fourth-order valence-electron chi connectivity index (χ4n) is 5.13. The second-order valence-electron chi connectivity index (χ2n) is 10.8. The van der Waals surface area contributed by atoms with Gasteiger partial charge in [-0.25, -0.2) is 4.79 Å². The van der Waals surface area contributed by atoms with Crippen molar-refractivity contribution in [2.45, 2.75) is 58.3 Å². The van der Waals surface area contributed by atoms with E-state index in [4.69, 9.17) is 16.3 Å². The van der Waals surface area contributed by atoms with E-state index in [1.165, 1.54) is 17.7 Å². The van der Waals surface area contributed by atoms with Gasteiger partial charge in [0, 0.05) is 42.5 Å². The van der Waals surface area contributed by atoms with Crippen molar-refractivity contribution in [2.24, 2.45) is 5.41 Å². The number of methoxy groups -OCH3 is 1. The molecule has 6 heteroatoms. The van der Waals surface area contributed by atoms with Gasteiger partial charge in [-0.2, -0.15) is 0 Å². The summed E-state index contributed by atoms with van der Waals surface area (Å²) in [4.78, 5) is 26.2. The van der Waals surface area contributed by atoms with Crippen LogP contribution in [0.1, 0.15) is 74.4 Å². The van der Waals surface area contributed by atoms with Gasteiger partial charge >= 0.3 is 5.97 Å². The predicted octanol–water partition coefficient (Wildman–Crippen LogP) is 7.25. The van der Waals surface area contributed by atoms with E-state index in [0.717, 1.165) is 36.0 Å². The van der Waals surface area contributed by atoms with Crippen molar-refractivity contribution in [1.29, 1.82) is 0 Å². The number of anilines is 1. The first-order chi connectivity index (χ1) is 17.0. The molecule has 0 saturated carbocycles. The molecule has 0 aromatic heterocycles. The quantitative estimate of drug-likeness (QED) is 0.428. The van der Waals surface area contributed by atoms with Crippen LogP contribution in [0.3, 0.4) is 0 Å². The molecule has 190 valence electrons. The molecular weight excluding hydrogens is 474 g/mol. The van der Waals surface area contributed by atoms with Gasteiger partial charge in [0.1, 0.15) is 0 Å². The molecule has 0 bridgehead atoms. The lowest BCUT2D eigenvalue weighted by atomic mass is 9.70. The molecule has 1 heterocycles. The van der Waals surface area contributed by atoms with E-state index >= 15 is 0 Å². The molecule has 5 nitrogen and oxygen atoms in total. The Balaban J connectivity index is 1.69. The number of nitrogens with zero attached hydrogens (tertiary/aromatic N) is 1. The molecule has 4 rings (SSSR count). The molecule has 0 unspecified atom stereocenters. The van der Waals surface area contributed by atoms with E-state index < -0.39 is 11.4 Å². The number of carboxylic acids is 1. The van der Waals surface area contributed by atoms with Crippen molar-refractivity contribution in [3.8, 4) is 0 Å². The van der Waals surface area contributed by atoms with Gasteiger partial charge in [-0.05, 0) is 83.7 Å². The Labute approximate surface area is 218 Å². The Morgan fingerprint density at radius 3 is 2.44 bits per heavy atom. The second kappa shape index (κ2) is 10.2. The van der Waals surface area contributed by atoms with Crippen LogP contribution in [0.4, 0.5) is 5.69 Å². The zero-order chi connectivity index (χ0) is 26.1. The monoisotopic (exact) mass is 507 g/mol. The average molecular weight is 508 g/mol. The molecule has 2 aromatic rings. The number of halogens is 1. The van der Waals surface area contributed by atoms with Gasteiger partial charge in [0.2, 0.25) is 5.91 Å². The molecule has 2 aliphatic rings. The summed E-state index contributed by atoms with van der Waals surface area (Å²) in [7, 11) is 1.67. The molecule has 1 aliphatic heterocycles. The normalized spacial score (nSPS) is 21.7. The van der Waals surface area contributed by atoms with Crippen LogP contribution in [0, 0.1) is 5.41 Å². The number of carbonyl (C=O) groups excluding carboxylic acids is 1. The maximum absolute atomic E-state index is 13.4. The lowest BCUT2D eigenvalue weighted by molar-refractivity contribution is -0.119. The summed E-state index contributed by atoms with van der Waals surface area (Å²) in [6.45, 7) is 7.20. The Bertz CT molecular complexity index is 1230. The number of rotatable bonds is 7. The van der Waals surface area contributed by atoms with Gasteiger partial charge in [-0.3, -0.25) is 9.69 Å². The van der Waals surface area contributed by atoms with E-state index in [1.807, 2.05) is 12.3 Å². The van der Waals surface area contributed by atoms with Crippen LogP contribution in [-0.2, 0) is 14.9 Å². The standard InChI is InChI=1S/C30H34ClNO4/c1-29(2)14-11-20(12-15-29)25-10-7-22(17-26(25)31)30(3)18-27(33)32(19-23(30)13-16-36-4)24-8-5-21(6-9-24)28(34)35/h5-11,17,19H,12-16,18H2,1-4H3,(H,34,35)/t30-/m0/s1. The van der Waals surface area contributed by atoms with Crippen molar-refractivity contribution in [3.63, 3.8) is 0 Å². The van der Waals surface area contributed by atoms with Crippen molar-refractivity contribution in [1.82, 2.24) is 0 Å². The Kier molecular flexibility index (Phi) is 7.44. The highest BCUT2D eigenvalue weighted by molar-refractivity contribution is 6.32. The summed E-state index contributed by atoms with van der Waals surface area (Å²) < 4.78 is 5.38. The number of allylic oxidation sites excluding steroid dienone is 2. The third-order valence-corrected chi connectivity index (χ3v) is 7.97. The molecule has 0 fully saturated rings. The van der Waals surface area contributed by atoms with Crippen molar-refractivity contribution in [2.75, 3.05) is 18.6 Å². The number of aromatic carboxylic acids is 1. The summed E-state index contributed by atoms with van der Waals surface area (Å²) in [5.74, 6) is -1.05. The number of benzene rings is 2. The van der Waals surface area contributed by atoms with Crippen LogP contribution in [-0.4, -0.2) is 30.7 Å². The van der Waals surface area contributed by atoms with Crippen LogP contribution in [0.5, 0.6) is 0 Å². The summed E-state index contributed by atoms with van der Waals surface area (Å²) >= 11 is 6.84. The number of hydrogen-bond donors (Lipinski definition) is 1. The van der Waals surface area contributed by atoms with E-state index in [1.54, 1.807) is 24.1 Å². The molecule has 0 saturated heterocycles. The first-order valence-electron chi connectivity index (χ1n) is 12.4. The minimum Gasteiger partial charge on any atom is -0.478 e. The Morgan fingerprint density at radius 1 is 1.14 bits per heavy atom. The van der Waals surface area contributed by atoms with Crippen molar-refractivity contribution < 1.29 is 19.4 Å². The fourth-order valence-corrected chi connectivity index (χ4v) is 5.44. The van der Waals surface area contributed by atoms with E-state index in [-0.39, 0.29) is 17.9 Å². The molecule has 1 N–H and O–H groups in total. The van der Waals surface area contributed by atoms with Gasteiger partial charge in [-0.15, -0.1) is 0 Å². The lowest BCUT2D eigenvalue weighted by Crippen LogP contribution is -2.41. The zero-order valence-electron chi connectivity index (χ0n) is 21.4. The van der Waals surface area contributed by atoms with Crippen LogP contribution < -0.4 is 4.90 Å². The zero-order valence-corrected chi connectivity index (χ0v) is 22.2.